The molecule has 0 heterocycles. The first-order chi connectivity index (χ1) is 6.07. The molecule has 0 saturated carbocycles. The van der Waals surface area contributed by atoms with Gasteiger partial charge in [-0.1, -0.05) is 23.2 Å². The Morgan fingerprint density at radius 1 is 1.38 bits per heavy atom. The summed E-state index contributed by atoms with van der Waals surface area (Å²) >= 11 is 11.5. The van der Waals surface area contributed by atoms with Crippen LogP contribution in [0.25, 0.3) is 0 Å². The fourth-order valence-corrected chi connectivity index (χ4v) is 1.65. The van der Waals surface area contributed by atoms with E-state index in [0.29, 0.717) is 10.6 Å². The Kier molecular flexibility index (Phi) is 3.50. The molecule has 0 aliphatic rings. The quantitative estimate of drug-likeness (QED) is 0.754. The molecule has 0 radical (unpaired) electrons. The maximum absolute atomic E-state index is 13.0. The standard InChI is InChI=1S/C8H9Cl2FN2/c9-4-1-2-5(11)8(10)7(4)6(13)3-12/h1-2,6H,3,12-13H2. The Bertz CT molecular complexity index is 317. The van der Waals surface area contributed by atoms with Crippen molar-refractivity contribution in [1.29, 1.82) is 0 Å². The Morgan fingerprint density at radius 2 is 2.00 bits per heavy atom. The van der Waals surface area contributed by atoms with Crippen molar-refractivity contribution < 1.29 is 4.39 Å². The van der Waals surface area contributed by atoms with Crippen LogP contribution in [0.15, 0.2) is 12.1 Å². The fraction of sp³-hybridized carbons (Fsp3) is 0.250. The summed E-state index contributed by atoms with van der Waals surface area (Å²) in [5, 5.41) is 0.287. The third-order valence-corrected chi connectivity index (χ3v) is 2.42. The lowest BCUT2D eigenvalue weighted by molar-refractivity contribution is 0.620. The van der Waals surface area contributed by atoms with Gasteiger partial charge in [0.05, 0.1) is 5.02 Å². The average Bonchev–Trinajstić information content (AvgIpc) is 2.12. The van der Waals surface area contributed by atoms with Crippen LogP contribution in [0.2, 0.25) is 10.0 Å². The van der Waals surface area contributed by atoms with Crippen molar-refractivity contribution in [2.24, 2.45) is 11.5 Å². The number of rotatable bonds is 2. The van der Waals surface area contributed by atoms with Crippen LogP contribution in [0.4, 0.5) is 4.39 Å². The van der Waals surface area contributed by atoms with Crippen LogP contribution in [0.5, 0.6) is 0 Å². The van der Waals surface area contributed by atoms with Crippen molar-refractivity contribution in [1.82, 2.24) is 0 Å². The predicted octanol–water partition coefficient (Wildman–Crippen LogP) is 2.09. The summed E-state index contributed by atoms with van der Waals surface area (Å²) in [5.41, 5.74) is 11.3. The molecule has 0 aliphatic heterocycles. The SMILES string of the molecule is NCC(N)c1c(Cl)ccc(F)c1Cl. The molecule has 0 amide bonds. The summed E-state index contributed by atoms with van der Waals surface area (Å²) in [6.07, 6.45) is 0. The molecule has 1 aromatic rings. The summed E-state index contributed by atoms with van der Waals surface area (Å²) in [5.74, 6) is -0.537. The van der Waals surface area contributed by atoms with Crippen molar-refractivity contribution in [3.05, 3.63) is 33.6 Å². The van der Waals surface area contributed by atoms with Crippen LogP contribution in [0.3, 0.4) is 0 Å². The number of benzene rings is 1. The second-order valence-corrected chi connectivity index (χ2v) is 3.38. The Hall–Kier alpha value is -0.350. The van der Waals surface area contributed by atoms with E-state index in [0.717, 1.165) is 0 Å². The molecule has 13 heavy (non-hydrogen) atoms. The Morgan fingerprint density at radius 3 is 2.54 bits per heavy atom. The highest BCUT2D eigenvalue weighted by atomic mass is 35.5. The van der Waals surface area contributed by atoms with E-state index in [1.165, 1.54) is 12.1 Å². The number of nitrogens with two attached hydrogens (primary N) is 2. The molecule has 1 aromatic carbocycles. The molecule has 4 N–H and O–H groups in total. The van der Waals surface area contributed by atoms with Gasteiger partial charge in [0.15, 0.2) is 0 Å². The van der Waals surface area contributed by atoms with Gasteiger partial charge in [0, 0.05) is 23.2 Å². The van der Waals surface area contributed by atoms with Gasteiger partial charge in [-0.25, -0.2) is 4.39 Å². The van der Waals surface area contributed by atoms with Crippen molar-refractivity contribution in [2.75, 3.05) is 6.54 Å². The van der Waals surface area contributed by atoms with Crippen molar-refractivity contribution in [3.8, 4) is 0 Å². The van der Waals surface area contributed by atoms with E-state index >= 15 is 0 Å². The first-order valence-electron chi connectivity index (χ1n) is 3.67. The van der Waals surface area contributed by atoms with Gasteiger partial charge in [-0.3, -0.25) is 0 Å². The number of hydrogen-bond donors (Lipinski definition) is 2. The normalized spacial score (nSPS) is 13.0. The highest BCUT2D eigenvalue weighted by molar-refractivity contribution is 6.36. The average molecular weight is 223 g/mol. The van der Waals surface area contributed by atoms with E-state index in [-0.39, 0.29) is 11.6 Å². The van der Waals surface area contributed by atoms with Gasteiger partial charge in [0.2, 0.25) is 0 Å². The van der Waals surface area contributed by atoms with E-state index in [9.17, 15) is 4.39 Å². The van der Waals surface area contributed by atoms with Crippen molar-refractivity contribution in [3.63, 3.8) is 0 Å². The van der Waals surface area contributed by atoms with Crippen LogP contribution >= 0.6 is 23.2 Å². The Labute approximate surface area is 85.6 Å². The van der Waals surface area contributed by atoms with Gasteiger partial charge >= 0.3 is 0 Å². The molecular weight excluding hydrogens is 214 g/mol. The molecule has 0 aliphatic carbocycles. The summed E-state index contributed by atoms with van der Waals surface area (Å²) in [6.45, 7) is 0.170. The number of halogens is 3. The zero-order valence-electron chi connectivity index (χ0n) is 6.73. The summed E-state index contributed by atoms with van der Waals surface area (Å²) < 4.78 is 13.0. The second-order valence-electron chi connectivity index (χ2n) is 2.60. The molecule has 72 valence electrons. The Balaban J connectivity index is 3.25. The van der Waals surface area contributed by atoms with Gasteiger partial charge in [-0.05, 0) is 12.1 Å². The van der Waals surface area contributed by atoms with Crippen molar-refractivity contribution in [2.45, 2.75) is 6.04 Å². The van der Waals surface area contributed by atoms with E-state index in [1.54, 1.807) is 0 Å². The molecule has 1 atom stereocenters. The number of hydrogen-bond acceptors (Lipinski definition) is 2. The maximum Gasteiger partial charge on any atom is 0.142 e. The molecule has 0 spiro atoms. The lowest BCUT2D eigenvalue weighted by Gasteiger charge is -2.13. The van der Waals surface area contributed by atoms with Crippen molar-refractivity contribution >= 4 is 23.2 Å². The van der Waals surface area contributed by atoms with Gasteiger partial charge in [-0.15, -0.1) is 0 Å². The van der Waals surface area contributed by atoms with Gasteiger partial charge in [0.1, 0.15) is 5.82 Å². The van der Waals surface area contributed by atoms with Crippen LogP contribution in [-0.4, -0.2) is 6.54 Å². The molecule has 1 rings (SSSR count). The largest absolute Gasteiger partial charge is 0.329 e. The fourth-order valence-electron chi connectivity index (χ4n) is 1.00. The van der Waals surface area contributed by atoms with E-state index in [1.807, 2.05) is 0 Å². The smallest absolute Gasteiger partial charge is 0.142 e. The summed E-state index contributed by atoms with van der Waals surface area (Å²) in [6, 6.07) is 2.07. The first kappa shape index (κ1) is 10.7. The lowest BCUT2D eigenvalue weighted by atomic mass is 10.1. The van der Waals surface area contributed by atoms with Crippen LogP contribution < -0.4 is 11.5 Å². The van der Waals surface area contributed by atoms with E-state index in [4.69, 9.17) is 34.7 Å². The molecule has 2 nitrogen and oxygen atoms in total. The molecule has 1 unspecified atom stereocenters. The predicted molar refractivity (Wildman–Crippen MR) is 52.4 cm³/mol. The third-order valence-electron chi connectivity index (χ3n) is 1.70. The highest BCUT2D eigenvalue weighted by Crippen LogP contribution is 2.30. The minimum Gasteiger partial charge on any atom is -0.329 e. The zero-order chi connectivity index (χ0) is 10.0. The van der Waals surface area contributed by atoms with E-state index in [2.05, 4.69) is 0 Å². The lowest BCUT2D eigenvalue weighted by Crippen LogP contribution is -2.21. The first-order valence-corrected chi connectivity index (χ1v) is 4.42. The molecule has 0 aromatic heterocycles. The maximum atomic E-state index is 13.0. The highest BCUT2D eigenvalue weighted by Gasteiger charge is 2.15. The topological polar surface area (TPSA) is 52.0 Å². The molecule has 0 bridgehead atoms. The van der Waals surface area contributed by atoms with Gasteiger partial charge in [-0.2, -0.15) is 0 Å². The molecule has 0 fully saturated rings. The minimum atomic E-state index is -0.537. The second kappa shape index (κ2) is 4.24. The zero-order valence-corrected chi connectivity index (χ0v) is 8.24. The van der Waals surface area contributed by atoms with E-state index < -0.39 is 11.9 Å². The summed E-state index contributed by atoms with van der Waals surface area (Å²) in [7, 11) is 0. The molecule has 5 heteroatoms. The van der Waals surface area contributed by atoms with Crippen LogP contribution in [-0.2, 0) is 0 Å². The minimum absolute atomic E-state index is 0.0505. The molecular formula is C8H9Cl2FN2. The monoisotopic (exact) mass is 222 g/mol. The third kappa shape index (κ3) is 2.11. The van der Waals surface area contributed by atoms with Gasteiger partial charge in [0.25, 0.3) is 0 Å². The van der Waals surface area contributed by atoms with Crippen LogP contribution in [0.1, 0.15) is 11.6 Å². The van der Waals surface area contributed by atoms with Gasteiger partial charge < -0.3 is 11.5 Å². The molecule has 0 saturated heterocycles. The summed E-state index contributed by atoms with van der Waals surface area (Å²) in [4.78, 5) is 0. The van der Waals surface area contributed by atoms with Crippen LogP contribution in [0, 0.1) is 5.82 Å².